The van der Waals surface area contributed by atoms with Crippen LogP contribution in [0.15, 0.2) is 29.4 Å². The number of hydrogen-bond donors (Lipinski definition) is 1. The van der Waals surface area contributed by atoms with Crippen LogP contribution in [0.25, 0.3) is 10.1 Å². The molecule has 1 aliphatic carbocycles. The van der Waals surface area contributed by atoms with Gasteiger partial charge in [0.25, 0.3) is 5.91 Å². The third kappa shape index (κ3) is 3.11. The molecule has 0 spiro atoms. The predicted octanol–water partition coefficient (Wildman–Crippen LogP) is 4.85. The highest BCUT2D eigenvalue weighted by Crippen LogP contribution is 2.35. The van der Waals surface area contributed by atoms with E-state index < -0.39 is 0 Å². The summed E-state index contributed by atoms with van der Waals surface area (Å²) in [5, 5.41) is 5.73. The van der Waals surface area contributed by atoms with Crippen LogP contribution in [0.1, 0.15) is 42.3 Å². The Kier molecular flexibility index (Phi) is 4.27. The third-order valence-electron chi connectivity index (χ3n) is 3.80. The molecule has 0 saturated heterocycles. The van der Waals surface area contributed by atoms with E-state index in [1.807, 2.05) is 24.3 Å². The number of benzene rings is 1. The van der Waals surface area contributed by atoms with Gasteiger partial charge in [0.05, 0.1) is 5.02 Å². The third-order valence-corrected chi connectivity index (χ3v) is 5.48. The Morgan fingerprint density at radius 1 is 1.43 bits per heavy atom. The van der Waals surface area contributed by atoms with Crippen LogP contribution in [0, 0.1) is 5.92 Å². The molecule has 3 rings (SSSR count). The molecule has 3 nitrogen and oxygen atoms in total. The average Bonchev–Trinajstić information content (AvgIpc) is 2.83. The average molecular weight is 321 g/mol. The summed E-state index contributed by atoms with van der Waals surface area (Å²) in [7, 11) is 0. The topological polar surface area (TPSA) is 41.5 Å². The number of nitrogens with one attached hydrogen (secondary N) is 1. The number of hydrazone groups is 1. The van der Waals surface area contributed by atoms with Crippen LogP contribution in [-0.4, -0.2) is 11.6 Å². The van der Waals surface area contributed by atoms with Crippen LogP contribution in [0.5, 0.6) is 0 Å². The molecule has 1 amide bonds. The Balaban J connectivity index is 1.78. The monoisotopic (exact) mass is 320 g/mol. The normalized spacial score (nSPS) is 20.9. The van der Waals surface area contributed by atoms with E-state index in [-0.39, 0.29) is 5.91 Å². The second-order valence-corrected chi connectivity index (χ2v) is 6.99. The predicted molar refractivity (Wildman–Crippen MR) is 89.4 cm³/mol. The summed E-state index contributed by atoms with van der Waals surface area (Å²) in [5.41, 5.74) is 3.75. The summed E-state index contributed by atoms with van der Waals surface area (Å²) in [4.78, 5) is 12.8. The van der Waals surface area contributed by atoms with Crippen molar-refractivity contribution in [2.45, 2.75) is 32.6 Å². The van der Waals surface area contributed by atoms with Gasteiger partial charge in [-0.3, -0.25) is 4.79 Å². The van der Waals surface area contributed by atoms with E-state index in [9.17, 15) is 4.79 Å². The van der Waals surface area contributed by atoms with Gasteiger partial charge in [-0.25, -0.2) is 5.43 Å². The van der Waals surface area contributed by atoms with E-state index in [4.69, 9.17) is 11.6 Å². The lowest BCUT2D eigenvalue weighted by Gasteiger charge is -2.18. The molecule has 1 saturated carbocycles. The molecule has 1 heterocycles. The standard InChI is InChI=1S/C16H17ClN2OS/c1-10-5-4-6-11(9-10)18-19-16(20)15-14(17)12-7-2-3-8-13(12)21-15/h2-3,7-8,10H,4-6,9H2,1H3,(H,19,20)/b18-11+/t10-/m1/s1. The first-order valence-corrected chi connectivity index (χ1v) is 8.37. The summed E-state index contributed by atoms with van der Waals surface area (Å²) in [6.45, 7) is 2.22. The van der Waals surface area contributed by atoms with E-state index in [1.165, 1.54) is 17.8 Å². The molecule has 1 N–H and O–H groups in total. The number of hydrogen-bond acceptors (Lipinski definition) is 3. The molecule has 2 aromatic rings. The Hall–Kier alpha value is -1.39. The van der Waals surface area contributed by atoms with Crippen LogP contribution in [0.3, 0.4) is 0 Å². The van der Waals surface area contributed by atoms with E-state index in [2.05, 4.69) is 17.5 Å². The fraction of sp³-hybridized carbons (Fsp3) is 0.375. The lowest BCUT2D eigenvalue weighted by atomic mass is 9.89. The van der Waals surface area contributed by atoms with Gasteiger partial charge in [-0.15, -0.1) is 11.3 Å². The molecule has 21 heavy (non-hydrogen) atoms. The fourth-order valence-corrected chi connectivity index (χ4v) is 4.11. The molecule has 110 valence electrons. The second-order valence-electron chi connectivity index (χ2n) is 5.56. The van der Waals surface area contributed by atoms with Gasteiger partial charge >= 0.3 is 0 Å². The van der Waals surface area contributed by atoms with Gasteiger partial charge in [-0.2, -0.15) is 5.10 Å². The minimum Gasteiger partial charge on any atom is -0.266 e. The number of carbonyl (C=O) groups is 1. The van der Waals surface area contributed by atoms with Crippen LogP contribution < -0.4 is 5.43 Å². The largest absolute Gasteiger partial charge is 0.283 e. The Morgan fingerprint density at radius 3 is 3.00 bits per heavy atom. The highest BCUT2D eigenvalue weighted by molar-refractivity contribution is 7.21. The Bertz CT molecular complexity index is 707. The van der Waals surface area contributed by atoms with Crippen LogP contribution >= 0.6 is 22.9 Å². The van der Waals surface area contributed by atoms with Crippen molar-refractivity contribution in [3.05, 3.63) is 34.2 Å². The second kappa shape index (κ2) is 6.16. The lowest BCUT2D eigenvalue weighted by molar-refractivity contribution is 0.0958. The molecular weight excluding hydrogens is 304 g/mol. The van der Waals surface area contributed by atoms with Crippen molar-refractivity contribution in [1.29, 1.82) is 0 Å². The fourth-order valence-electron chi connectivity index (χ4n) is 2.70. The first-order chi connectivity index (χ1) is 10.1. The van der Waals surface area contributed by atoms with Crippen LogP contribution in [-0.2, 0) is 0 Å². The maximum Gasteiger partial charge on any atom is 0.283 e. The molecule has 1 atom stereocenters. The number of nitrogens with zero attached hydrogens (tertiary/aromatic N) is 1. The minimum absolute atomic E-state index is 0.216. The zero-order chi connectivity index (χ0) is 14.8. The van der Waals surface area contributed by atoms with Crippen molar-refractivity contribution in [3.63, 3.8) is 0 Å². The van der Waals surface area contributed by atoms with Gasteiger partial charge in [0, 0.05) is 15.8 Å². The van der Waals surface area contributed by atoms with E-state index in [0.717, 1.165) is 35.1 Å². The van der Waals surface area contributed by atoms with E-state index in [0.29, 0.717) is 15.8 Å². The molecule has 1 aromatic heterocycles. The molecule has 0 unspecified atom stereocenters. The van der Waals surface area contributed by atoms with Gasteiger partial charge in [0.1, 0.15) is 4.88 Å². The molecule has 1 fully saturated rings. The highest BCUT2D eigenvalue weighted by atomic mass is 35.5. The number of amides is 1. The molecule has 0 radical (unpaired) electrons. The van der Waals surface area contributed by atoms with Gasteiger partial charge < -0.3 is 0 Å². The summed E-state index contributed by atoms with van der Waals surface area (Å²) in [5.74, 6) is 0.439. The summed E-state index contributed by atoms with van der Waals surface area (Å²) < 4.78 is 1.02. The summed E-state index contributed by atoms with van der Waals surface area (Å²) in [6.07, 6.45) is 4.35. The number of halogens is 1. The van der Waals surface area contributed by atoms with Crippen molar-refractivity contribution in [3.8, 4) is 0 Å². The molecule has 0 bridgehead atoms. The molecular formula is C16H17ClN2OS. The number of thiophene rings is 1. The van der Waals surface area contributed by atoms with E-state index in [1.54, 1.807) is 0 Å². The Labute approximate surface area is 133 Å². The minimum atomic E-state index is -0.216. The van der Waals surface area contributed by atoms with Crippen molar-refractivity contribution >= 4 is 44.6 Å². The zero-order valence-corrected chi connectivity index (χ0v) is 13.4. The van der Waals surface area contributed by atoms with Crippen molar-refractivity contribution < 1.29 is 4.79 Å². The van der Waals surface area contributed by atoms with Crippen molar-refractivity contribution in [1.82, 2.24) is 5.43 Å². The Morgan fingerprint density at radius 2 is 2.24 bits per heavy atom. The van der Waals surface area contributed by atoms with Crippen LogP contribution in [0.4, 0.5) is 0 Å². The molecule has 5 heteroatoms. The zero-order valence-electron chi connectivity index (χ0n) is 11.9. The molecule has 1 aliphatic rings. The summed E-state index contributed by atoms with van der Waals surface area (Å²) >= 11 is 7.70. The number of rotatable bonds is 2. The first kappa shape index (κ1) is 14.5. The maximum absolute atomic E-state index is 12.3. The number of carbonyl (C=O) groups excluding carboxylic acids is 1. The quantitative estimate of drug-likeness (QED) is 0.789. The van der Waals surface area contributed by atoms with E-state index >= 15 is 0 Å². The molecule has 1 aromatic carbocycles. The van der Waals surface area contributed by atoms with Gasteiger partial charge in [-0.05, 0) is 37.7 Å². The number of fused-ring (bicyclic) bond motifs is 1. The molecule has 0 aliphatic heterocycles. The van der Waals surface area contributed by atoms with Crippen molar-refractivity contribution in [2.24, 2.45) is 11.0 Å². The van der Waals surface area contributed by atoms with Gasteiger partial charge in [-0.1, -0.05) is 36.7 Å². The van der Waals surface area contributed by atoms with Crippen molar-refractivity contribution in [2.75, 3.05) is 0 Å². The van der Waals surface area contributed by atoms with Crippen LogP contribution in [0.2, 0.25) is 5.02 Å². The highest BCUT2D eigenvalue weighted by Gasteiger charge is 2.18. The SMILES string of the molecule is C[C@@H]1CCC/C(=N\NC(=O)c2sc3ccccc3c2Cl)C1. The first-order valence-electron chi connectivity index (χ1n) is 7.18. The summed E-state index contributed by atoms with van der Waals surface area (Å²) in [6, 6.07) is 7.77. The lowest BCUT2D eigenvalue weighted by Crippen LogP contribution is -2.21. The maximum atomic E-state index is 12.3. The van der Waals surface area contributed by atoms with Gasteiger partial charge in [0.2, 0.25) is 0 Å². The smallest absolute Gasteiger partial charge is 0.266 e. The van der Waals surface area contributed by atoms with Gasteiger partial charge in [0.15, 0.2) is 0 Å².